The molecule has 1 rings (SSSR count). The highest BCUT2D eigenvalue weighted by Gasteiger charge is 2.26. The average Bonchev–Trinajstić information content (AvgIpc) is 2.69. The predicted octanol–water partition coefficient (Wildman–Crippen LogP) is 2.09. The molecule has 0 heterocycles. The van der Waals surface area contributed by atoms with Crippen LogP contribution in [-0.2, 0) is 14.3 Å². The summed E-state index contributed by atoms with van der Waals surface area (Å²) in [5.41, 5.74) is -0.267. The minimum atomic E-state index is -0.502. The fourth-order valence-corrected chi connectivity index (χ4v) is 1.92. The molecule has 0 bridgehead atoms. The van der Waals surface area contributed by atoms with Gasteiger partial charge in [0.05, 0.1) is 12.2 Å². The van der Waals surface area contributed by atoms with Gasteiger partial charge in [0.2, 0.25) is 0 Å². The average molecular weight is 261 g/mol. The zero-order chi connectivity index (χ0) is 12.9. The van der Waals surface area contributed by atoms with Gasteiger partial charge in [-0.2, -0.15) is 0 Å². The van der Waals surface area contributed by atoms with Crippen molar-refractivity contribution in [3.05, 3.63) is 0 Å². The first-order valence-corrected chi connectivity index (χ1v) is 6.61. The number of nitrogens with one attached hydrogen (secondary N) is 1. The summed E-state index contributed by atoms with van der Waals surface area (Å²) >= 11 is 3.95. The fourth-order valence-electron chi connectivity index (χ4n) is 1.74. The Morgan fingerprint density at radius 2 is 2.00 bits per heavy atom. The van der Waals surface area contributed by atoms with E-state index in [-0.39, 0.29) is 24.3 Å². The van der Waals surface area contributed by atoms with Crippen molar-refractivity contribution in [3.8, 4) is 0 Å². The van der Waals surface area contributed by atoms with Crippen molar-refractivity contribution in [2.45, 2.75) is 64.2 Å². The van der Waals surface area contributed by atoms with E-state index in [4.69, 9.17) is 9.47 Å². The molecule has 17 heavy (non-hydrogen) atoms. The molecule has 4 nitrogen and oxygen atoms in total. The van der Waals surface area contributed by atoms with Crippen molar-refractivity contribution in [2.75, 3.05) is 6.61 Å². The summed E-state index contributed by atoms with van der Waals surface area (Å²) in [7, 11) is 0. The van der Waals surface area contributed by atoms with Crippen LogP contribution in [0.1, 0.15) is 46.5 Å². The molecule has 1 aliphatic rings. The third-order valence-corrected chi connectivity index (χ3v) is 3.02. The zero-order valence-corrected chi connectivity index (χ0v) is 11.8. The maximum atomic E-state index is 11.8. The fraction of sp³-hybridized carbons (Fsp3) is 0.917. The Hall–Kier alpha value is -0.260. The normalized spacial score (nSPS) is 19.3. The molecule has 0 aliphatic heterocycles. The van der Waals surface area contributed by atoms with Crippen LogP contribution in [0.25, 0.3) is 0 Å². The summed E-state index contributed by atoms with van der Waals surface area (Å²) in [5.74, 6) is -0.267. The number of hydrogen-bond acceptors (Lipinski definition) is 5. The standard InChI is InChI=1S/C12H23NO3S/c1-12(2,3)15-8-10(13-17)11(14)16-9-6-4-5-7-9/h9-10,13,17H,4-8H2,1-3H3/t10-/m0/s1. The third kappa shape index (κ3) is 5.75. The van der Waals surface area contributed by atoms with E-state index < -0.39 is 6.04 Å². The van der Waals surface area contributed by atoms with E-state index in [2.05, 4.69) is 17.5 Å². The maximum Gasteiger partial charge on any atom is 0.326 e. The molecule has 0 aromatic carbocycles. The lowest BCUT2D eigenvalue weighted by atomic mass is 10.2. The molecule has 1 aliphatic carbocycles. The molecular weight excluding hydrogens is 238 g/mol. The number of rotatable bonds is 5. The lowest BCUT2D eigenvalue weighted by Crippen LogP contribution is -2.40. The summed E-state index contributed by atoms with van der Waals surface area (Å²) in [6, 6.07) is -0.502. The zero-order valence-electron chi connectivity index (χ0n) is 10.9. The summed E-state index contributed by atoms with van der Waals surface area (Å²) in [6.07, 6.45) is 4.34. The lowest BCUT2D eigenvalue weighted by molar-refractivity contribution is -0.153. The maximum absolute atomic E-state index is 11.8. The van der Waals surface area contributed by atoms with Gasteiger partial charge in [0, 0.05) is 0 Å². The smallest absolute Gasteiger partial charge is 0.326 e. The quantitative estimate of drug-likeness (QED) is 0.588. The summed E-state index contributed by atoms with van der Waals surface area (Å²) in [6.45, 7) is 6.12. The van der Waals surface area contributed by atoms with E-state index in [0.29, 0.717) is 0 Å². The summed E-state index contributed by atoms with van der Waals surface area (Å²) in [4.78, 5) is 11.8. The molecule has 0 spiro atoms. The lowest BCUT2D eigenvalue weighted by Gasteiger charge is -2.24. The molecule has 0 amide bonds. The Kier molecular flexibility index (Phi) is 5.76. The van der Waals surface area contributed by atoms with Gasteiger partial charge in [0.15, 0.2) is 0 Å². The number of hydrogen-bond donors (Lipinski definition) is 2. The van der Waals surface area contributed by atoms with E-state index in [9.17, 15) is 4.79 Å². The van der Waals surface area contributed by atoms with Crippen LogP contribution in [0.3, 0.4) is 0 Å². The van der Waals surface area contributed by atoms with Gasteiger partial charge in [-0.05, 0) is 46.5 Å². The molecule has 0 aromatic heterocycles. The molecule has 1 fully saturated rings. The first-order chi connectivity index (χ1) is 7.92. The Balaban J connectivity index is 2.35. The Bertz CT molecular complexity index is 247. The Labute approximate surface area is 109 Å². The minimum absolute atomic E-state index is 0.0846. The van der Waals surface area contributed by atoms with Crippen molar-refractivity contribution in [2.24, 2.45) is 0 Å². The van der Waals surface area contributed by atoms with Crippen molar-refractivity contribution < 1.29 is 14.3 Å². The monoisotopic (exact) mass is 261 g/mol. The van der Waals surface area contributed by atoms with Gasteiger partial charge >= 0.3 is 5.97 Å². The molecule has 5 heteroatoms. The van der Waals surface area contributed by atoms with Gasteiger partial charge in [-0.15, -0.1) is 0 Å². The largest absolute Gasteiger partial charge is 0.461 e. The first-order valence-electron chi connectivity index (χ1n) is 6.16. The van der Waals surface area contributed by atoms with Crippen LogP contribution in [0.15, 0.2) is 0 Å². The van der Waals surface area contributed by atoms with E-state index in [1.165, 1.54) is 0 Å². The van der Waals surface area contributed by atoms with Crippen LogP contribution in [0.5, 0.6) is 0 Å². The molecule has 0 aromatic rings. The number of carbonyl (C=O) groups is 1. The molecule has 1 saturated carbocycles. The number of esters is 1. The highest BCUT2D eigenvalue weighted by Crippen LogP contribution is 2.21. The number of ether oxygens (including phenoxy) is 2. The summed E-state index contributed by atoms with van der Waals surface area (Å²) in [5, 5.41) is 0. The highest BCUT2D eigenvalue weighted by atomic mass is 32.1. The highest BCUT2D eigenvalue weighted by molar-refractivity contribution is 7.78. The summed E-state index contributed by atoms with van der Waals surface area (Å²) < 4.78 is 13.6. The molecule has 0 radical (unpaired) electrons. The topological polar surface area (TPSA) is 47.6 Å². The molecule has 100 valence electrons. The van der Waals surface area contributed by atoms with Crippen molar-refractivity contribution >= 4 is 18.8 Å². The number of carbonyl (C=O) groups excluding carboxylic acids is 1. The van der Waals surface area contributed by atoms with Crippen LogP contribution in [0, 0.1) is 0 Å². The van der Waals surface area contributed by atoms with Crippen molar-refractivity contribution in [1.82, 2.24) is 4.72 Å². The van der Waals surface area contributed by atoms with Crippen LogP contribution in [-0.4, -0.2) is 30.3 Å². The van der Waals surface area contributed by atoms with Gasteiger partial charge in [-0.3, -0.25) is 9.52 Å². The van der Waals surface area contributed by atoms with Gasteiger partial charge in [0.1, 0.15) is 12.1 Å². The van der Waals surface area contributed by atoms with Crippen LogP contribution in [0.4, 0.5) is 0 Å². The number of thiol groups is 1. The Morgan fingerprint density at radius 3 is 2.47 bits per heavy atom. The molecule has 0 saturated heterocycles. The second kappa shape index (κ2) is 6.61. The van der Waals surface area contributed by atoms with Gasteiger partial charge in [0.25, 0.3) is 0 Å². The third-order valence-electron chi connectivity index (χ3n) is 2.71. The van der Waals surface area contributed by atoms with Gasteiger partial charge in [-0.25, -0.2) is 0 Å². The Morgan fingerprint density at radius 1 is 1.41 bits per heavy atom. The molecular formula is C12H23NO3S. The SMILES string of the molecule is CC(C)(C)OC[C@H](NS)C(=O)OC1CCCC1. The minimum Gasteiger partial charge on any atom is -0.461 e. The van der Waals surface area contributed by atoms with E-state index in [0.717, 1.165) is 25.7 Å². The predicted molar refractivity (Wildman–Crippen MR) is 70.0 cm³/mol. The molecule has 1 atom stereocenters. The van der Waals surface area contributed by atoms with E-state index in [1.54, 1.807) is 0 Å². The van der Waals surface area contributed by atoms with Crippen molar-refractivity contribution in [3.63, 3.8) is 0 Å². The van der Waals surface area contributed by atoms with E-state index >= 15 is 0 Å². The second-order valence-electron chi connectivity index (χ2n) is 5.45. The van der Waals surface area contributed by atoms with Gasteiger partial charge in [-0.1, -0.05) is 12.8 Å². The van der Waals surface area contributed by atoms with Crippen molar-refractivity contribution in [1.29, 1.82) is 0 Å². The van der Waals surface area contributed by atoms with Crippen LogP contribution < -0.4 is 4.72 Å². The van der Waals surface area contributed by atoms with Crippen LogP contribution in [0.2, 0.25) is 0 Å². The second-order valence-corrected chi connectivity index (χ2v) is 5.71. The first kappa shape index (κ1) is 14.8. The van der Waals surface area contributed by atoms with Crippen LogP contribution >= 0.6 is 12.8 Å². The molecule has 1 N–H and O–H groups in total. The van der Waals surface area contributed by atoms with Gasteiger partial charge < -0.3 is 9.47 Å². The van der Waals surface area contributed by atoms with E-state index in [1.807, 2.05) is 20.8 Å². The molecule has 0 unspecified atom stereocenters.